The maximum Gasteiger partial charge on any atom is 0.126 e. The summed E-state index contributed by atoms with van der Waals surface area (Å²) in [5, 5.41) is 3.43. The molecular formula is C17H20BrFN2. The van der Waals surface area contributed by atoms with Gasteiger partial charge in [-0.05, 0) is 61.2 Å². The van der Waals surface area contributed by atoms with Crippen molar-refractivity contribution in [1.82, 2.24) is 0 Å². The molecule has 0 aliphatic carbocycles. The number of benzene rings is 2. The molecule has 0 heterocycles. The van der Waals surface area contributed by atoms with E-state index in [1.165, 1.54) is 17.2 Å². The first kappa shape index (κ1) is 16.0. The Morgan fingerprint density at radius 1 is 1.10 bits per heavy atom. The summed E-state index contributed by atoms with van der Waals surface area (Å²) < 4.78 is 14.5. The molecule has 0 bridgehead atoms. The second-order valence-corrected chi connectivity index (χ2v) is 6.16. The summed E-state index contributed by atoms with van der Waals surface area (Å²) in [6.07, 6.45) is 0. The minimum absolute atomic E-state index is 0.0377. The summed E-state index contributed by atoms with van der Waals surface area (Å²) in [5.74, 6) is -0.190. The lowest BCUT2D eigenvalue weighted by Gasteiger charge is -2.20. The van der Waals surface area contributed by atoms with Gasteiger partial charge in [-0.3, -0.25) is 0 Å². The van der Waals surface area contributed by atoms with E-state index >= 15 is 0 Å². The lowest BCUT2D eigenvalue weighted by atomic mass is 10.0. The highest BCUT2D eigenvalue weighted by Gasteiger charge is 2.12. The van der Waals surface area contributed by atoms with Crippen molar-refractivity contribution in [2.24, 2.45) is 5.73 Å². The van der Waals surface area contributed by atoms with Gasteiger partial charge in [0.05, 0.1) is 6.04 Å². The molecule has 0 radical (unpaired) electrons. The Morgan fingerprint density at radius 3 is 2.24 bits per heavy atom. The highest BCUT2D eigenvalue weighted by Crippen LogP contribution is 2.27. The van der Waals surface area contributed by atoms with Crippen molar-refractivity contribution in [2.75, 3.05) is 11.9 Å². The van der Waals surface area contributed by atoms with Gasteiger partial charge in [0.1, 0.15) is 5.82 Å². The molecule has 4 heteroatoms. The van der Waals surface area contributed by atoms with Crippen LogP contribution in [-0.4, -0.2) is 6.54 Å². The minimum Gasteiger partial charge on any atom is -0.377 e. The smallest absolute Gasteiger partial charge is 0.126 e. The van der Waals surface area contributed by atoms with Gasteiger partial charge in [0.25, 0.3) is 0 Å². The second-order valence-electron chi connectivity index (χ2n) is 5.37. The molecule has 0 spiro atoms. The quantitative estimate of drug-likeness (QED) is 0.843. The van der Waals surface area contributed by atoms with Crippen molar-refractivity contribution in [2.45, 2.75) is 26.8 Å². The number of anilines is 1. The molecule has 0 saturated heterocycles. The monoisotopic (exact) mass is 350 g/mol. The van der Waals surface area contributed by atoms with Crippen LogP contribution in [0.25, 0.3) is 0 Å². The van der Waals surface area contributed by atoms with Crippen molar-refractivity contribution in [3.05, 3.63) is 62.9 Å². The molecule has 3 N–H and O–H groups in total. The number of hydrogen-bond acceptors (Lipinski definition) is 2. The van der Waals surface area contributed by atoms with E-state index in [-0.39, 0.29) is 11.9 Å². The van der Waals surface area contributed by atoms with Crippen molar-refractivity contribution in [3.63, 3.8) is 0 Å². The molecule has 1 atom stereocenters. The third-order valence-electron chi connectivity index (χ3n) is 3.60. The van der Waals surface area contributed by atoms with E-state index in [0.29, 0.717) is 12.1 Å². The Morgan fingerprint density at radius 2 is 1.71 bits per heavy atom. The first-order valence-corrected chi connectivity index (χ1v) is 7.71. The molecule has 1 unspecified atom stereocenters. The zero-order valence-corrected chi connectivity index (χ0v) is 14.1. The summed E-state index contributed by atoms with van der Waals surface area (Å²) in [4.78, 5) is 0. The Kier molecular flexibility index (Phi) is 5.01. The predicted molar refractivity (Wildman–Crippen MR) is 90.2 cm³/mol. The van der Waals surface area contributed by atoms with Crippen LogP contribution in [0.2, 0.25) is 0 Å². The van der Waals surface area contributed by atoms with E-state index in [0.717, 1.165) is 15.7 Å². The van der Waals surface area contributed by atoms with Gasteiger partial charge in [0.15, 0.2) is 0 Å². The molecule has 0 fully saturated rings. The molecule has 0 aliphatic heterocycles. The molecule has 0 saturated carbocycles. The second kappa shape index (κ2) is 6.58. The number of nitrogens with two attached hydrogens (primary N) is 1. The summed E-state index contributed by atoms with van der Waals surface area (Å²) in [5.41, 5.74) is 10.9. The van der Waals surface area contributed by atoms with Crippen molar-refractivity contribution in [3.8, 4) is 0 Å². The standard InChI is InChI=1S/C17H20BrFN2/c1-10-6-13(4-5-15(10)19)16(9-20)21-14-7-11(2)17(18)12(3)8-14/h4-8,16,21H,9,20H2,1-3H3. The van der Waals surface area contributed by atoms with Crippen molar-refractivity contribution < 1.29 is 4.39 Å². The third kappa shape index (κ3) is 3.63. The SMILES string of the molecule is Cc1cc(C(CN)Nc2cc(C)c(Br)c(C)c2)ccc1F. The van der Waals surface area contributed by atoms with E-state index < -0.39 is 0 Å². The largest absolute Gasteiger partial charge is 0.377 e. The van der Waals surface area contributed by atoms with Gasteiger partial charge in [-0.1, -0.05) is 28.1 Å². The number of aryl methyl sites for hydroxylation is 3. The number of rotatable bonds is 4. The predicted octanol–water partition coefficient (Wildman–Crippen LogP) is 4.63. The van der Waals surface area contributed by atoms with Gasteiger partial charge in [0, 0.05) is 16.7 Å². The maximum absolute atomic E-state index is 13.4. The molecule has 112 valence electrons. The molecule has 2 aromatic carbocycles. The summed E-state index contributed by atoms with van der Waals surface area (Å²) >= 11 is 3.56. The normalized spacial score (nSPS) is 12.3. The lowest BCUT2D eigenvalue weighted by molar-refractivity contribution is 0.616. The Hall–Kier alpha value is -1.39. The average Bonchev–Trinajstić information content (AvgIpc) is 2.45. The van der Waals surface area contributed by atoms with Crippen LogP contribution in [0, 0.1) is 26.6 Å². The fourth-order valence-corrected chi connectivity index (χ4v) is 2.62. The Labute approximate surface area is 133 Å². The van der Waals surface area contributed by atoms with Crippen LogP contribution in [0.5, 0.6) is 0 Å². The van der Waals surface area contributed by atoms with Gasteiger partial charge >= 0.3 is 0 Å². The third-order valence-corrected chi connectivity index (χ3v) is 4.85. The molecule has 0 aliphatic rings. The fourth-order valence-electron chi connectivity index (χ4n) is 2.39. The molecule has 0 amide bonds. The zero-order chi connectivity index (χ0) is 15.6. The van der Waals surface area contributed by atoms with Crippen LogP contribution >= 0.6 is 15.9 Å². The van der Waals surface area contributed by atoms with Crippen LogP contribution in [-0.2, 0) is 0 Å². The van der Waals surface area contributed by atoms with E-state index in [1.807, 2.05) is 6.07 Å². The topological polar surface area (TPSA) is 38.0 Å². The van der Waals surface area contributed by atoms with Gasteiger partial charge in [-0.2, -0.15) is 0 Å². The average molecular weight is 351 g/mol. The molecule has 0 aromatic heterocycles. The molecule has 21 heavy (non-hydrogen) atoms. The Balaban J connectivity index is 2.28. The zero-order valence-electron chi connectivity index (χ0n) is 12.5. The van der Waals surface area contributed by atoms with Crippen molar-refractivity contribution in [1.29, 1.82) is 0 Å². The summed E-state index contributed by atoms with van der Waals surface area (Å²) in [7, 11) is 0. The highest BCUT2D eigenvalue weighted by atomic mass is 79.9. The summed E-state index contributed by atoms with van der Waals surface area (Å²) in [6, 6.07) is 9.24. The maximum atomic E-state index is 13.4. The van der Waals surface area contributed by atoms with E-state index in [9.17, 15) is 4.39 Å². The fraction of sp³-hybridized carbons (Fsp3) is 0.294. The van der Waals surface area contributed by atoms with Crippen LogP contribution in [0.15, 0.2) is 34.8 Å². The summed E-state index contributed by atoms with van der Waals surface area (Å²) in [6.45, 7) is 6.32. The number of halogens is 2. The van der Waals surface area contributed by atoms with Gasteiger partial charge in [-0.15, -0.1) is 0 Å². The Bertz CT molecular complexity index is 632. The van der Waals surface area contributed by atoms with Crippen LogP contribution < -0.4 is 11.1 Å². The van der Waals surface area contributed by atoms with Gasteiger partial charge in [0.2, 0.25) is 0 Å². The van der Waals surface area contributed by atoms with E-state index in [1.54, 1.807) is 13.0 Å². The van der Waals surface area contributed by atoms with Crippen LogP contribution in [0.3, 0.4) is 0 Å². The van der Waals surface area contributed by atoms with Crippen LogP contribution in [0.4, 0.5) is 10.1 Å². The van der Waals surface area contributed by atoms with Crippen LogP contribution in [0.1, 0.15) is 28.3 Å². The van der Waals surface area contributed by atoms with Gasteiger partial charge in [-0.25, -0.2) is 4.39 Å². The molecule has 2 rings (SSSR count). The van der Waals surface area contributed by atoms with E-state index in [4.69, 9.17) is 5.73 Å². The number of nitrogens with one attached hydrogen (secondary N) is 1. The minimum atomic E-state index is -0.190. The lowest BCUT2D eigenvalue weighted by Crippen LogP contribution is -2.21. The first-order chi connectivity index (χ1) is 9.92. The first-order valence-electron chi connectivity index (χ1n) is 6.91. The molecule has 2 aromatic rings. The molecule has 2 nitrogen and oxygen atoms in total. The molecular weight excluding hydrogens is 331 g/mol. The highest BCUT2D eigenvalue weighted by molar-refractivity contribution is 9.10. The van der Waals surface area contributed by atoms with Crippen molar-refractivity contribution >= 4 is 21.6 Å². The number of hydrogen-bond donors (Lipinski definition) is 2. The van der Waals surface area contributed by atoms with Gasteiger partial charge < -0.3 is 11.1 Å². The van der Waals surface area contributed by atoms with E-state index in [2.05, 4.69) is 47.2 Å².